The highest BCUT2D eigenvalue weighted by atomic mass is 16.1. The summed E-state index contributed by atoms with van der Waals surface area (Å²) < 4.78 is 0. The van der Waals surface area contributed by atoms with Crippen molar-refractivity contribution in [2.24, 2.45) is 11.7 Å². The first-order valence-corrected chi connectivity index (χ1v) is 6.05. The van der Waals surface area contributed by atoms with E-state index in [1.807, 2.05) is 18.7 Å². The fraction of sp³-hybridized carbons (Fsp3) is 0.833. The van der Waals surface area contributed by atoms with Crippen molar-refractivity contribution in [1.82, 2.24) is 4.90 Å². The monoisotopic (exact) mass is 226 g/mol. The molecule has 0 heterocycles. The van der Waals surface area contributed by atoms with E-state index in [0.29, 0.717) is 6.54 Å². The number of hydrogen-bond acceptors (Lipinski definition) is 3. The van der Waals surface area contributed by atoms with Gasteiger partial charge < -0.3 is 5.73 Å². The molecule has 0 unspecified atom stereocenters. The van der Waals surface area contributed by atoms with Crippen molar-refractivity contribution in [2.45, 2.75) is 45.6 Å². The molecule has 2 N–H and O–H groups in total. The quantitative estimate of drug-likeness (QED) is 0.733. The summed E-state index contributed by atoms with van der Waals surface area (Å²) in [7, 11) is 0. The number of rotatable bonds is 6. The predicted molar refractivity (Wildman–Crippen MR) is 62.9 cm³/mol. The average Bonchev–Trinajstić information content (AvgIpc) is 2.68. The number of primary amides is 1. The summed E-state index contributed by atoms with van der Waals surface area (Å²) in [6, 6.07) is 0.179. The largest absolute Gasteiger partial charge is 0.369 e. The zero-order valence-electron chi connectivity index (χ0n) is 10.2. The van der Waals surface area contributed by atoms with E-state index in [4.69, 9.17) is 5.73 Å². The molecular formula is C12H22N2O2. The third-order valence-electron chi connectivity index (χ3n) is 3.26. The molecular weight excluding hydrogens is 204 g/mol. The van der Waals surface area contributed by atoms with E-state index < -0.39 is 0 Å². The van der Waals surface area contributed by atoms with E-state index in [2.05, 4.69) is 0 Å². The van der Waals surface area contributed by atoms with E-state index in [-0.39, 0.29) is 30.2 Å². The number of nitrogens with two attached hydrogens (primary N) is 1. The van der Waals surface area contributed by atoms with Crippen LogP contribution < -0.4 is 5.73 Å². The number of nitrogens with zero attached hydrogens (tertiary/aromatic N) is 1. The normalized spacial score (nSPS) is 17.2. The summed E-state index contributed by atoms with van der Waals surface area (Å²) in [5, 5.41) is 0. The van der Waals surface area contributed by atoms with E-state index in [1.165, 1.54) is 0 Å². The lowest BCUT2D eigenvalue weighted by Crippen LogP contribution is -2.42. The highest BCUT2D eigenvalue weighted by molar-refractivity contribution is 5.84. The molecule has 4 nitrogen and oxygen atoms in total. The zero-order valence-corrected chi connectivity index (χ0v) is 10.2. The first kappa shape index (κ1) is 13.2. The van der Waals surface area contributed by atoms with Gasteiger partial charge in [0.2, 0.25) is 5.91 Å². The topological polar surface area (TPSA) is 63.4 Å². The Morgan fingerprint density at radius 2 is 1.81 bits per heavy atom. The molecule has 1 saturated carbocycles. The fourth-order valence-corrected chi connectivity index (χ4v) is 2.20. The minimum absolute atomic E-state index is 0.177. The van der Waals surface area contributed by atoms with Crippen LogP contribution in [0.15, 0.2) is 0 Å². The van der Waals surface area contributed by atoms with E-state index >= 15 is 0 Å². The summed E-state index contributed by atoms with van der Waals surface area (Å²) >= 11 is 0. The molecule has 0 aliphatic heterocycles. The summed E-state index contributed by atoms with van der Waals surface area (Å²) in [4.78, 5) is 24.7. The summed E-state index contributed by atoms with van der Waals surface area (Å²) in [5.74, 6) is 0.120. The Kier molecular flexibility index (Phi) is 4.93. The maximum atomic E-state index is 11.9. The van der Waals surface area contributed by atoms with Crippen molar-refractivity contribution in [3.8, 4) is 0 Å². The van der Waals surface area contributed by atoms with Crippen LogP contribution in [0.2, 0.25) is 0 Å². The van der Waals surface area contributed by atoms with Gasteiger partial charge in [-0.05, 0) is 26.7 Å². The van der Waals surface area contributed by atoms with Crippen LogP contribution in [0.4, 0.5) is 0 Å². The van der Waals surface area contributed by atoms with Gasteiger partial charge >= 0.3 is 0 Å². The van der Waals surface area contributed by atoms with Gasteiger partial charge in [-0.25, -0.2) is 0 Å². The molecule has 0 aromatic heterocycles. The second-order valence-corrected chi connectivity index (χ2v) is 4.91. The van der Waals surface area contributed by atoms with Gasteiger partial charge in [-0.1, -0.05) is 12.8 Å². The number of hydrogen-bond donors (Lipinski definition) is 1. The van der Waals surface area contributed by atoms with E-state index in [1.54, 1.807) is 0 Å². The van der Waals surface area contributed by atoms with Crippen LogP contribution in [0.1, 0.15) is 39.5 Å². The van der Waals surface area contributed by atoms with Gasteiger partial charge in [0.1, 0.15) is 5.78 Å². The van der Waals surface area contributed by atoms with Crippen molar-refractivity contribution in [2.75, 3.05) is 13.1 Å². The molecule has 0 bridgehead atoms. The molecule has 1 amide bonds. The predicted octanol–water partition coefficient (Wildman–Crippen LogP) is 0.941. The number of amides is 1. The van der Waals surface area contributed by atoms with E-state index in [0.717, 1.165) is 25.7 Å². The Balaban J connectivity index is 2.46. The Morgan fingerprint density at radius 1 is 1.25 bits per heavy atom. The molecule has 0 saturated heterocycles. The standard InChI is InChI=1S/C12H22N2O2/c1-9(2)14(8-12(13)16)7-11(15)10-5-3-4-6-10/h9-10H,3-8H2,1-2H3,(H2,13,16). The van der Waals surface area contributed by atoms with Crippen LogP contribution in [-0.2, 0) is 9.59 Å². The summed E-state index contributed by atoms with van der Waals surface area (Å²) in [6.45, 7) is 4.50. The minimum Gasteiger partial charge on any atom is -0.369 e. The molecule has 1 aliphatic carbocycles. The Morgan fingerprint density at radius 3 is 2.25 bits per heavy atom. The van der Waals surface area contributed by atoms with Gasteiger partial charge in [-0.15, -0.1) is 0 Å². The van der Waals surface area contributed by atoms with Crippen molar-refractivity contribution >= 4 is 11.7 Å². The molecule has 0 aromatic carbocycles. The highest BCUT2D eigenvalue weighted by Gasteiger charge is 2.25. The van der Waals surface area contributed by atoms with Crippen molar-refractivity contribution in [3.63, 3.8) is 0 Å². The summed E-state index contributed by atoms with van der Waals surface area (Å²) in [5.41, 5.74) is 5.17. The second-order valence-electron chi connectivity index (χ2n) is 4.91. The highest BCUT2D eigenvalue weighted by Crippen LogP contribution is 2.25. The van der Waals surface area contributed by atoms with Crippen molar-refractivity contribution in [3.05, 3.63) is 0 Å². The Labute approximate surface area is 97.2 Å². The molecule has 0 radical (unpaired) electrons. The summed E-state index contributed by atoms with van der Waals surface area (Å²) in [6.07, 6.45) is 4.35. The van der Waals surface area contributed by atoms with Crippen LogP contribution in [0.5, 0.6) is 0 Å². The number of ketones is 1. The minimum atomic E-state index is -0.368. The Hall–Kier alpha value is -0.900. The molecule has 16 heavy (non-hydrogen) atoms. The molecule has 1 fully saturated rings. The van der Waals surface area contributed by atoms with Gasteiger partial charge in [0.05, 0.1) is 13.1 Å². The fourth-order valence-electron chi connectivity index (χ4n) is 2.20. The molecule has 4 heteroatoms. The lowest BCUT2D eigenvalue weighted by atomic mass is 10.0. The average molecular weight is 226 g/mol. The molecule has 1 rings (SSSR count). The van der Waals surface area contributed by atoms with Gasteiger partial charge in [0.15, 0.2) is 0 Å². The zero-order chi connectivity index (χ0) is 12.1. The van der Waals surface area contributed by atoms with Crippen LogP contribution in [0, 0.1) is 5.92 Å². The maximum Gasteiger partial charge on any atom is 0.231 e. The van der Waals surface area contributed by atoms with Crippen LogP contribution in [-0.4, -0.2) is 35.7 Å². The number of carbonyl (C=O) groups is 2. The van der Waals surface area contributed by atoms with Gasteiger partial charge in [0, 0.05) is 12.0 Å². The molecule has 1 aliphatic rings. The first-order chi connectivity index (χ1) is 7.50. The third-order valence-corrected chi connectivity index (χ3v) is 3.26. The Bertz CT molecular complexity index is 258. The SMILES string of the molecule is CC(C)N(CC(N)=O)CC(=O)C1CCCC1. The molecule has 0 aromatic rings. The van der Waals surface area contributed by atoms with Gasteiger partial charge in [0.25, 0.3) is 0 Å². The maximum absolute atomic E-state index is 11.9. The lowest BCUT2D eigenvalue weighted by Gasteiger charge is -2.25. The molecule has 0 atom stereocenters. The van der Waals surface area contributed by atoms with Gasteiger partial charge in [-0.3, -0.25) is 14.5 Å². The molecule has 92 valence electrons. The smallest absolute Gasteiger partial charge is 0.231 e. The third kappa shape index (κ3) is 3.93. The van der Waals surface area contributed by atoms with Crippen molar-refractivity contribution in [1.29, 1.82) is 0 Å². The van der Waals surface area contributed by atoms with Crippen molar-refractivity contribution < 1.29 is 9.59 Å². The van der Waals surface area contributed by atoms with E-state index in [9.17, 15) is 9.59 Å². The second kappa shape index (κ2) is 5.99. The first-order valence-electron chi connectivity index (χ1n) is 6.05. The molecule has 0 spiro atoms. The van der Waals surface area contributed by atoms with Crippen LogP contribution >= 0.6 is 0 Å². The van der Waals surface area contributed by atoms with Gasteiger partial charge in [-0.2, -0.15) is 0 Å². The number of Topliss-reactive ketones (excluding diaryl/α,β-unsaturated/α-hetero) is 1. The lowest BCUT2D eigenvalue weighted by molar-refractivity contribution is -0.125. The number of carbonyl (C=O) groups excluding carboxylic acids is 2. The van der Waals surface area contributed by atoms with Crippen LogP contribution in [0.25, 0.3) is 0 Å². The van der Waals surface area contributed by atoms with Crippen LogP contribution in [0.3, 0.4) is 0 Å².